The summed E-state index contributed by atoms with van der Waals surface area (Å²) in [6.07, 6.45) is 0. The molecule has 5 rings (SSSR count). The number of halogens is 2. The number of fused-ring (bicyclic) bond motifs is 1. The highest BCUT2D eigenvalue weighted by atomic mass is 79.9. The molecular formula is C29H26BrClN4O4. The van der Waals surface area contributed by atoms with Crippen LogP contribution in [0.3, 0.4) is 0 Å². The molecule has 1 aliphatic rings. The molecule has 1 aromatic heterocycles. The van der Waals surface area contributed by atoms with E-state index in [1.54, 1.807) is 59.0 Å². The molecule has 200 valence electrons. The van der Waals surface area contributed by atoms with Gasteiger partial charge in [-0.3, -0.25) is 18.7 Å². The van der Waals surface area contributed by atoms with E-state index in [-0.39, 0.29) is 36.4 Å². The predicted octanol–water partition coefficient (Wildman–Crippen LogP) is 5.21. The summed E-state index contributed by atoms with van der Waals surface area (Å²) in [6.45, 7) is 2.54. The topological polar surface area (TPSA) is 85.6 Å². The largest absolute Gasteiger partial charge is 0.497 e. The molecule has 39 heavy (non-hydrogen) atoms. The van der Waals surface area contributed by atoms with Gasteiger partial charge < -0.3 is 15.0 Å². The van der Waals surface area contributed by atoms with Crippen LogP contribution in [0, 0.1) is 0 Å². The average Bonchev–Trinajstić information content (AvgIpc) is 3.26. The average molecular weight is 610 g/mol. The van der Waals surface area contributed by atoms with E-state index in [1.165, 1.54) is 4.57 Å². The lowest BCUT2D eigenvalue weighted by Gasteiger charge is -2.28. The van der Waals surface area contributed by atoms with Crippen LogP contribution in [-0.2, 0) is 13.1 Å². The van der Waals surface area contributed by atoms with Crippen LogP contribution in [0.15, 0.2) is 82.1 Å². The Bertz CT molecular complexity index is 1600. The number of nitrogens with one attached hydrogen (secondary N) is 1. The third-order valence-corrected chi connectivity index (χ3v) is 8.06. The molecule has 0 bridgehead atoms. The van der Waals surface area contributed by atoms with E-state index < -0.39 is 5.91 Å². The lowest BCUT2D eigenvalue weighted by Crippen LogP contribution is -2.41. The number of ether oxygens (including phenoxy) is 1. The number of benzene rings is 3. The predicted molar refractivity (Wildman–Crippen MR) is 153 cm³/mol. The fourth-order valence-electron chi connectivity index (χ4n) is 4.74. The number of amides is 2. The van der Waals surface area contributed by atoms with Crippen molar-refractivity contribution in [2.24, 2.45) is 0 Å². The minimum Gasteiger partial charge on any atom is -0.497 e. The number of methoxy groups -OCH3 is 1. The van der Waals surface area contributed by atoms with Gasteiger partial charge in [-0.2, -0.15) is 0 Å². The van der Waals surface area contributed by atoms with Crippen molar-refractivity contribution in [3.8, 4) is 11.4 Å². The number of aromatic nitrogens is 2. The van der Waals surface area contributed by atoms with Gasteiger partial charge in [0.15, 0.2) is 0 Å². The maximum Gasteiger partial charge on any atom is 0.333 e. The normalized spacial score (nSPS) is 13.5. The Morgan fingerprint density at radius 1 is 1.03 bits per heavy atom. The lowest BCUT2D eigenvalue weighted by atomic mass is 10.1. The number of hydrogen-bond donors (Lipinski definition) is 1. The Morgan fingerprint density at radius 2 is 1.74 bits per heavy atom. The van der Waals surface area contributed by atoms with Crippen LogP contribution in [0.5, 0.6) is 5.75 Å². The van der Waals surface area contributed by atoms with Gasteiger partial charge in [0.1, 0.15) is 11.4 Å². The summed E-state index contributed by atoms with van der Waals surface area (Å²) >= 11 is 9.58. The van der Waals surface area contributed by atoms with Gasteiger partial charge in [0, 0.05) is 23.1 Å². The standard InChI is InChI=1S/C29H26BrClN4O4/c1-18(19-6-4-3-5-7-19)32-27(36)26-25-17-33(28(37)20-8-13-23(30)24(31)16-20)14-15-34(25)29(38)35(26)21-9-11-22(39-2)12-10-21/h3-13,16,18H,14-15,17H2,1-2H3,(H,32,36). The molecule has 0 spiro atoms. The SMILES string of the molecule is COc1ccc(-n2c(C(=O)NC(C)c3ccccc3)c3n(c2=O)CCN(C(=O)c2ccc(Br)c(Cl)c2)C3)cc1. The number of nitrogens with zero attached hydrogens (tertiary/aromatic N) is 3. The van der Waals surface area contributed by atoms with Crippen molar-refractivity contribution in [3.63, 3.8) is 0 Å². The van der Waals surface area contributed by atoms with Gasteiger partial charge in [-0.05, 0) is 70.9 Å². The molecule has 4 aromatic rings. The van der Waals surface area contributed by atoms with Gasteiger partial charge in [0.2, 0.25) is 0 Å². The summed E-state index contributed by atoms with van der Waals surface area (Å²) in [5.74, 6) is -0.0114. The molecule has 3 aromatic carbocycles. The van der Waals surface area contributed by atoms with E-state index in [4.69, 9.17) is 16.3 Å². The first-order valence-corrected chi connectivity index (χ1v) is 13.5. The van der Waals surface area contributed by atoms with Gasteiger partial charge in [0.25, 0.3) is 11.8 Å². The molecule has 2 heterocycles. The number of rotatable bonds is 6. The molecule has 8 nitrogen and oxygen atoms in total. The number of hydrogen-bond acceptors (Lipinski definition) is 4. The summed E-state index contributed by atoms with van der Waals surface area (Å²) in [7, 11) is 1.56. The minimum absolute atomic E-state index is 0.0907. The first-order chi connectivity index (χ1) is 18.8. The van der Waals surface area contributed by atoms with Crippen molar-refractivity contribution >= 4 is 39.3 Å². The fraction of sp³-hybridized carbons (Fsp3) is 0.207. The lowest BCUT2D eigenvalue weighted by molar-refractivity contribution is 0.0706. The summed E-state index contributed by atoms with van der Waals surface area (Å²) < 4.78 is 8.94. The van der Waals surface area contributed by atoms with E-state index in [9.17, 15) is 14.4 Å². The molecule has 10 heteroatoms. The molecule has 0 aliphatic carbocycles. The van der Waals surface area contributed by atoms with Crippen LogP contribution < -0.4 is 15.7 Å². The fourth-order valence-corrected chi connectivity index (χ4v) is 5.17. The third kappa shape index (κ3) is 5.24. The Kier molecular flexibility index (Phi) is 7.63. The number of carbonyl (C=O) groups excluding carboxylic acids is 2. The van der Waals surface area contributed by atoms with Gasteiger partial charge in [0.05, 0.1) is 36.1 Å². The minimum atomic E-state index is -0.408. The molecule has 0 saturated carbocycles. The smallest absolute Gasteiger partial charge is 0.333 e. The quantitative estimate of drug-likeness (QED) is 0.325. The van der Waals surface area contributed by atoms with Crippen molar-refractivity contribution in [2.45, 2.75) is 26.1 Å². The van der Waals surface area contributed by atoms with E-state index >= 15 is 0 Å². The summed E-state index contributed by atoms with van der Waals surface area (Å²) in [5, 5.41) is 3.46. The second-order valence-electron chi connectivity index (χ2n) is 9.22. The molecule has 0 fully saturated rings. The Morgan fingerprint density at radius 3 is 2.41 bits per heavy atom. The van der Waals surface area contributed by atoms with Crippen molar-refractivity contribution < 1.29 is 14.3 Å². The Hall–Kier alpha value is -3.82. The van der Waals surface area contributed by atoms with Crippen LogP contribution >= 0.6 is 27.5 Å². The highest BCUT2D eigenvalue weighted by molar-refractivity contribution is 9.10. The molecule has 1 aliphatic heterocycles. The van der Waals surface area contributed by atoms with Crippen LogP contribution in [0.1, 0.15) is 45.1 Å². The highest BCUT2D eigenvalue weighted by Crippen LogP contribution is 2.26. The van der Waals surface area contributed by atoms with E-state index in [2.05, 4.69) is 21.2 Å². The van der Waals surface area contributed by atoms with Crippen molar-refractivity contribution in [1.29, 1.82) is 0 Å². The zero-order valence-corrected chi connectivity index (χ0v) is 23.7. The van der Waals surface area contributed by atoms with Crippen LogP contribution in [0.4, 0.5) is 0 Å². The van der Waals surface area contributed by atoms with E-state index in [0.29, 0.717) is 38.7 Å². The third-order valence-electron chi connectivity index (χ3n) is 6.83. The van der Waals surface area contributed by atoms with E-state index in [1.807, 2.05) is 37.3 Å². The first-order valence-electron chi connectivity index (χ1n) is 12.4. The zero-order chi connectivity index (χ0) is 27.7. The van der Waals surface area contributed by atoms with Gasteiger partial charge in [-0.1, -0.05) is 41.9 Å². The summed E-state index contributed by atoms with van der Waals surface area (Å²) in [5.41, 5.74) is 2.21. The van der Waals surface area contributed by atoms with Crippen LogP contribution in [0.2, 0.25) is 5.02 Å². The van der Waals surface area contributed by atoms with Gasteiger partial charge >= 0.3 is 5.69 Å². The van der Waals surface area contributed by atoms with Gasteiger partial charge in [-0.25, -0.2) is 4.79 Å². The second-order valence-corrected chi connectivity index (χ2v) is 10.5. The first kappa shape index (κ1) is 26.8. The second kappa shape index (κ2) is 11.1. The van der Waals surface area contributed by atoms with Gasteiger partial charge in [-0.15, -0.1) is 0 Å². The summed E-state index contributed by atoms with van der Waals surface area (Å²) in [6, 6.07) is 21.2. The monoisotopic (exact) mass is 608 g/mol. The van der Waals surface area contributed by atoms with Crippen LogP contribution in [-0.4, -0.2) is 39.5 Å². The molecule has 2 amide bonds. The van der Waals surface area contributed by atoms with Crippen molar-refractivity contribution in [3.05, 3.63) is 115 Å². The molecule has 1 N–H and O–H groups in total. The molecule has 1 unspecified atom stereocenters. The van der Waals surface area contributed by atoms with Crippen LogP contribution in [0.25, 0.3) is 5.69 Å². The molecule has 0 radical (unpaired) electrons. The number of imidazole rings is 1. The molecule has 1 atom stereocenters. The maximum atomic E-state index is 13.8. The Labute approximate surface area is 238 Å². The summed E-state index contributed by atoms with van der Waals surface area (Å²) in [4.78, 5) is 42.5. The number of carbonyl (C=O) groups is 2. The van der Waals surface area contributed by atoms with E-state index in [0.717, 1.165) is 5.56 Å². The van der Waals surface area contributed by atoms with Crippen molar-refractivity contribution in [1.82, 2.24) is 19.4 Å². The highest BCUT2D eigenvalue weighted by Gasteiger charge is 2.32. The molecular weight excluding hydrogens is 584 g/mol. The maximum absolute atomic E-state index is 13.8. The zero-order valence-electron chi connectivity index (χ0n) is 21.4. The van der Waals surface area contributed by atoms with Crippen molar-refractivity contribution in [2.75, 3.05) is 13.7 Å². The molecule has 0 saturated heterocycles. The Balaban J connectivity index is 1.56.